The molecule has 0 radical (unpaired) electrons. The summed E-state index contributed by atoms with van der Waals surface area (Å²) in [5.74, 6) is -0.610. The number of fused-ring (bicyclic) bond motifs is 1. The minimum absolute atomic E-state index is 0.0103. The first-order valence-electron chi connectivity index (χ1n) is 9.04. The predicted octanol–water partition coefficient (Wildman–Crippen LogP) is 3.23. The second-order valence-electron chi connectivity index (χ2n) is 7.91. The molecule has 0 aromatic heterocycles. The molecular weight excluding hydrogens is 518 g/mol. The maximum atomic E-state index is 12.4. The summed E-state index contributed by atoms with van der Waals surface area (Å²) in [6.45, 7) is 4.82. The van der Waals surface area contributed by atoms with Gasteiger partial charge in [0.05, 0.1) is 28.3 Å². The van der Waals surface area contributed by atoms with Gasteiger partial charge in [-0.1, -0.05) is 39.3 Å². The average Bonchev–Trinajstić information content (AvgIpc) is 3.03. The van der Waals surface area contributed by atoms with Gasteiger partial charge in [0, 0.05) is 9.72 Å². The summed E-state index contributed by atoms with van der Waals surface area (Å²) in [4.78, 5) is 30.0. The number of halogens is 2. The number of sulfone groups is 1. The number of ether oxygens (including phenoxy) is 1. The summed E-state index contributed by atoms with van der Waals surface area (Å²) in [5, 5.41) is 2.89. The quantitative estimate of drug-likeness (QED) is 0.630. The number of nitrogens with zero attached hydrogens (tertiary/aromatic N) is 2. The number of carbonyl (C=O) groups excluding carboxylic acids is 2. The molecule has 1 aromatic rings. The first-order chi connectivity index (χ1) is 13.8. The van der Waals surface area contributed by atoms with Gasteiger partial charge in [0.25, 0.3) is 5.91 Å². The number of anilines is 1. The molecule has 0 spiro atoms. The molecule has 12 heteroatoms. The molecule has 2 heterocycles. The van der Waals surface area contributed by atoms with Crippen LogP contribution in [0, 0.1) is 0 Å². The van der Waals surface area contributed by atoms with Crippen molar-refractivity contribution in [3.8, 4) is 0 Å². The van der Waals surface area contributed by atoms with Crippen molar-refractivity contribution < 1.29 is 22.7 Å². The van der Waals surface area contributed by atoms with Crippen LogP contribution in [0.1, 0.15) is 20.8 Å². The summed E-state index contributed by atoms with van der Waals surface area (Å²) < 4.78 is 30.1. The highest BCUT2D eigenvalue weighted by molar-refractivity contribution is 9.10. The smallest absolute Gasteiger partial charge is 0.408 e. The molecule has 2 amide bonds. The number of aliphatic imine (C=N–C) groups is 1. The van der Waals surface area contributed by atoms with E-state index < -0.39 is 27.4 Å². The van der Waals surface area contributed by atoms with E-state index in [4.69, 9.17) is 16.3 Å². The number of carbonyl (C=O) groups is 2. The van der Waals surface area contributed by atoms with E-state index in [9.17, 15) is 18.0 Å². The van der Waals surface area contributed by atoms with Gasteiger partial charge in [-0.2, -0.15) is 4.99 Å². The first kappa shape index (κ1) is 23.4. The van der Waals surface area contributed by atoms with Crippen molar-refractivity contribution in [3.63, 3.8) is 0 Å². The molecule has 0 unspecified atom stereocenters. The average molecular weight is 539 g/mol. The lowest BCUT2D eigenvalue weighted by molar-refractivity contribution is -0.117. The highest BCUT2D eigenvalue weighted by Gasteiger charge is 2.49. The molecule has 2 aliphatic rings. The largest absolute Gasteiger partial charge is 0.444 e. The zero-order valence-electron chi connectivity index (χ0n) is 16.5. The Hall–Kier alpha value is -1.30. The molecule has 164 valence electrons. The molecule has 2 saturated heterocycles. The fourth-order valence-corrected chi connectivity index (χ4v) is 7.82. The van der Waals surface area contributed by atoms with Crippen molar-refractivity contribution in [2.24, 2.45) is 4.99 Å². The lowest BCUT2D eigenvalue weighted by Gasteiger charge is -2.25. The van der Waals surface area contributed by atoms with Crippen LogP contribution >= 0.6 is 39.3 Å². The molecule has 8 nitrogen and oxygen atoms in total. The first-order valence-corrected chi connectivity index (χ1v) is 12.9. The van der Waals surface area contributed by atoms with Gasteiger partial charge in [0.1, 0.15) is 12.1 Å². The number of hydrogen-bond donors (Lipinski definition) is 1. The minimum Gasteiger partial charge on any atom is -0.444 e. The van der Waals surface area contributed by atoms with Gasteiger partial charge in [0.15, 0.2) is 15.0 Å². The zero-order valence-corrected chi connectivity index (χ0v) is 20.5. The molecule has 0 aliphatic carbocycles. The van der Waals surface area contributed by atoms with E-state index in [0.29, 0.717) is 15.9 Å². The summed E-state index contributed by atoms with van der Waals surface area (Å²) in [5.41, 5.74) is -0.109. The molecule has 0 bridgehead atoms. The Balaban J connectivity index is 1.82. The number of benzene rings is 1. The molecule has 2 fully saturated rings. The van der Waals surface area contributed by atoms with Crippen molar-refractivity contribution in [2.45, 2.75) is 37.7 Å². The SMILES string of the molecule is CC(C)(C)OC(=O)NCC(=O)N=C1S[C@@H]2CS(=O)(=O)C[C@H]2N1c1ccc(Br)cc1Cl. The maximum Gasteiger partial charge on any atom is 0.408 e. The van der Waals surface area contributed by atoms with Crippen LogP contribution in [0.25, 0.3) is 0 Å². The van der Waals surface area contributed by atoms with Gasteiger partial charge < -0.3 is 15.0 Å². The van der Waals surface area contributed by atoms with Gasteiger partial charge >= 0.3 is 6.09 Å². The summed E-state index contributed by atoms with van der Waals surface area (Å²) in [6, 6.07) is 4.86. The van der Waals surface area contributed by atoms with E-state index >= 15 is 0 Å². The standard InChI is InChI=1S/C18H21BrClN3O5S2/c1-18(2,3)28-17(25)21-7-15(24)22-16-23(12-5-4-10(19)6-11(12)20)13-8-30(26,27)9-14(13)29-16/h4-6,13-14H,7-9H2,1-3H3,(H,21,25)/t13-,14-/m1/s1. The molecule has 0 saturated carbocycles. The van der Waals surface area contributed by atoms with Gasteiger partial charge in [-0.15, -0.1) is 0 Å². The van der Waals surface area contributed by atoms with E-state index in [1.54, 1.807) is 43.9 Å². The number of thioether (sulfide) groups is 1. The lowest BCUT2D eigenvalue weighted by Crippen LogP contribution is -2.39. The van der Waals surface area contributed by atoms with Crippen molar-refractivity contribution in [2.75, 3.05) is 23.0 Å². The number of amidine groups is 1. The topological polar surface area (TPSA) is 105 Å². The van der Waals surface area contributed by atoms with Crippen LogP contribution in [-0.2, 0) is 19.4 Å². The van der Waals surface area contributed by atoms with Crippen molar-refractivity contribution in [3.05, 3.63) is 27.7 Å². The van der Waals surface area contributed by atoms with Crippen LogP contribution in [0.4, 0.5) is 10.5 Å². The number of amides is 2. The Morgan fingerprint density at radius 2 is 2.07 bits per heavy atom. The third-order valence-corrected chi connectivity index (χ3v) is 8.24. The van der Waals surface area contributed by atoms with Crippen molar-refractivity contribution in [1.82, 2.24) is 5.32 Å². The highest BCUT2D eigenvalue weighted by atomic mass is 79.9. The second kappa shape index (κ2) is 8.68. The minimum atomic E-state index is -3.19. The normalized spacial score (nSPS) is 24.0. The van der Waals surface area contributed by atoms with E-state index in [2.05, 4.69) is 26.2 Å². The number of rotatable bonds is 3. The van der Waals surface area contributed by atoms with Gasteiger partial charge in [-0.3, -0.25) is 4.79 Å². The van der Waals surface area contributed by atoms with E-state index in [1.165, 1.54) is 11.8 Å². The van der Waals surface area contributed by atoms with E-state index in [0.717, 1.165) is 4.47 Å². The molecule has 2 atom stereocenters. The van der Waals surface area contributed by atoms with Crippen LogP contribution < -0.4 is 10.2 Å². The molecule has 30 heavy (non-hydrogen) atoms. The van der Waals surface area contributed by atoms with Crippen LogP contribution in [0.15, 0.2) is 27.7 Å². The maximum absolute atomic E-state index is 12.4. The second-order valence-corrected chi connectivity index (χ2v) is 12.6. The van der Waals surface area contributed by atoms with E-state index in [1.807, 2.05) is 0 Å². The monoisotopic (exact) mass is 537 g/mol. The van der Waals surface area contributed by atoms with Crippen LogP contribution in [0.5, 0.6) is 0 Å². The van der Waals surface area contributed by atoms with Crippen LogP contribution in [0.2, 0.25) is 5.02 Å². The summed E-state index contributed by atoms with van der Waals surface area (Å²) in [6.07, 6.45) is -0.717. The molecule has 3 rings (SSSR count). The predicted molar refractivity (Wildman–Crippen MR) is 122 cm³/mol. The summed E-state index contributed by atoms with van der Waals surface area (Å²) >= 11 is 11.0. The third-order valence-electron chi connectivity index (χ3n) is 4.24. The van der Waals surface area contributed by atoms with Gasteiger partial charge in [-0.05, 0) is 39.0 Å². The Morgan fingerprint density at radius 3 is 2.70 bits per heavy atom. The van der Waals surface area contributed by atoms with Crippen molar-refractivity contribution >= 4 is 72.0 Å². The lowest BCUT2D eigenvalue weighted by atomic mass is 10.2. The van der Waals surface area contributed by atoms with E-state index in [-0.39, 0.29) is 29.3 Å². The van der Waals surface area contributed by atoms with Crippen LogP contribution in [-0.4, -0.2) is 60.5 Å². The Morgan fingerprint density at radius 1 is 1.37 bits per heavy atom. The zero-order chi connectivity index (χ0) is 22.3. The van der Waals surface area contributed by atoms with Crippen LogP contribution in [0.3, 0.4) is 0 Å². The van der Waals surface area contributed by atoms with Gasteiger partial charge in [0.2, 0.25) is 0 Å². The fraction of sp³-hybridized carbons (Fsp3) is 0.500. The molecule has 1 aromatic carbocycles. The number of nitrogens with one attached hydrogen (secondary N) is 1. The number of hydrogen-bond acceptors (Lipinski definition) is 6. The van der Waals surface area contributed by atoms with Crippen molar-refractivity contribution in [1.29, 1.82) is 0 Å². The molecule has 1 N–H and O–H groups in total. The van der Waals surface area contributed by atoms with Gasteiger partial charge in [-0.25, -0.2) is 13.2 Å². The Labute approximate surface area is 192 Å². The summed E-state index contributed by atoms with van der Waals surface area (Å²) in [7, 11) is -3.19. The number of alkyl carbamates (subject to hydrolysis) is 1. The Bertz CT molecular complexity index is 1010. The Kier molecular flexibility index (Phi) is 6.76. The third kappa shape index (κ3) is 5.68. The molecule has 2 aliphatic heterocycles. The highest BCUT2D eigenvalue weighted by Crippen LogP contribution is 2.43. The fourth-order valence-electron chi connectivity index (χ4n) is 3.13. The molecular formula is C18H21BrClN3O5S2.